The van der Waals surface area contributed by atoms with Crippen LogP contribution in [0.25, 0.3) is 0 Å². The number of methoxy groups -OCH3 is 1. The van der Waals surface area contributed by atoms with E-state index in [0.717, 1.165) is 37.9 Å². The van der Waals surface area contributed by atoms with Crippen molar-refractivity contribution < 1.29 is 14.6 Å². The van der Waals surface area contributed by atoms with Crippen molar-refractivity contribution in [3.05, 3.63) is 65.7 Å². The van der Waals surface area contributed by atoms with E-state index in [1.165, 1.54) is 0 Å². The lowest BCUT2D eigenvalue weighted by atomic mass is 9.57. The minimum Gasteiger partial charge on any atom is -0.508 e. The quantitative estimate of drug-likeness (QED) is 0.836. The van der Waals surface area contributed by atoms with Gasteiger partial charge in [0.05, 0.1) is 6.10 Å². The van der Waals surface area contributed by atoms with Crippen molar-refractivity contribution in [2.45, 2.75) is 36.8 Å². The molecule has 5 nitrogen and oxygen atoms in total. The molecule has 1 aliphatic heterocycles. The fourth-order valence-corrected chi connectivity index (χ4v) is 5.39. The number of benzene rings is 2. The molecular weight excluding hydrogens is 364 g/mol. The van der Waals surface area contributed by atoms with Crippen LogP contribution in [0.3, 0.4) is 0 Å². The van der Waals surface area contributed by atoms with E-state index in [0.29, 0.717) is 17.2 Å². The Bertz CT molecular complexity index is 856. The number of phenols is 1. The molecule has 2 aromatic carbocycles. The number of hydrogen-bond donors (Lipinski definition) is 2. The highest BCUT2D eigenvalue weighted by molar-refractivity contribution is 5.94. The summed E-state index contributed by atoms with van der Waals surface area (Å²) >= 11 is 0. The number of rotatable bonds is 4. The monoisotopic (exact) mass is 394 g/mol. The van der Waals surface area contributed by atoms with Gasteiger partial charge in [-0.3, -0.25) is 4.79 Å². The SMILES string of the molecule is COC1C[C@H](NC(=O)c2ccccc2)CC2(c3cccc(O)c3)CCN(C)CC12. The first-order chi connectivity index (χ1) is 14.0. The van der Waals surface area contributed by atoms with Gasteiger partial charge in [-0.05, 0) is 62.7 Å². The molecule has 2 aromatic rings. The van der Waals surface area contributed by atoms with Crippen molar-refractivity contribution in [3.63, 3.8) is 0 Å². The predicted molar refractivity (Wildman–Crippen MR) is 113 cm³/mol. The number of likely N-dealkylation sites (tertiary alicyclic amines) is 1. The standard InChI is InChI=1S/C24H30N2O3/c1-26-12-11-24(18-9-6-10-20(27)13-18)15-19(14-22(29-2)21(24)16-26)25-23(28)17-7-4-3-5-8-17/h3-10,13,19,21-22,27H,11-12,14-16H2,1-2H3,(H,25,28)/t19-,21?,22?,24?/m0/s1. The number of carbonyl (C=O) groups is 1. The lowest BCUT2D eigenvalue weighted by molar-refractivity contribution is -0.0629. The number of nitrogens with one attached hydrogen (secondary N) is 1. The largest absolute Gasteiger partial charge is 0.508 e. The maximum atomic E-state index is 12.8. The van der Waals surface area contributed by atoms with Crippen molar-refractivity contribution in [1.29, 1.82) is 0 Å². The fourth-order valence-electron chi connectivity index (χ4n) is 5.39. The molecule has 2 fully saturated rings. The van der Waals surface area contributed by atoms with Crippen molar-refractivity contribution in [1.82, 2.24) is 10.2 Å². The van der Waals surface area contributed by atoms with Crippen LogP contribution >= 0.6 is 0 Å². The van der Waals surface area contributed by atoms with E-state index >= 15 is 0 Å². The second-order valence-corrected chi connectivity index (χ2v) is 8.58. The van der Waals surface area contributed by atoms with Crippen molar-refractivity contribution in [2.24, 2.45) is 5.92 Å². The van der Waals surface area contributed by atoms with Crippen LogP contribution in [-0.4, -0.2) is 55.3 Å². The summed E-state index contributed by atoms with van der Waals surface area (Å²) in [6.45, 7) is 1.94. The van der Waals surface area contributed by atoms with E-state index in [1.54, 1.807) is 13.2 Å². The van der Waals surface area contributed by atoms with E-state index in [4.69, 9.17) is 4.74 Å². The van der Waals surface area contributed by atoms with Gasteiger partial charge >= 0.3 is 0 Å². The molecule has 0 bridgehead atoms. The Labute approximate surface area is 172 Å². The number of phenolic OH excluding ortho intramolecular Hbond substituents is 1. The number of fused-ring (bicyclic) bond motifs is 1. The normalized spacial score (nSPS) is 29.8. The van der Waals surface area contributed by atoms with Crippen LogP contribution in [0.5, 0.6) is 5.75 Å². The average molecular weight is 395 g/mol. The minimum absolute atomic E-state index is 0.0228. The van der Waals surface area contributed by atoms with Gasteiger partial charge in [-0.25, -0.2) is 0 Å². The zero-order valence-corrected chi connectivity index (χ0v) is 17.2. The summed E-state index contributed by atoms with van der Waals surface area (Å²) < 4.78 is 5.96. The summed E-state index contributed by atoms with van der Waals surface area (Å²) in [7, 11) is 3.93. The van der Waals surface area contributed by atoms with Crippen LogP contribution in [0.1, 0.15) is 35.2 Å². The Kier molecular flexibility index (Phi) is 5.61. The number of aromatic hydroxyl groups is 1. The topological polar surface area (TPSA) is 61.8 Å². The summed E-state index contributed by atoms with van der Waals surface area (Å²) in [4.78, 5) is 15.2. The Morgan fingerprint density at radius 2 is 2.00 bits per heavy atom. The summed E-state index contributed by atoms with van der Waals surface area (Å²) in [5.41, 5.74) is 1.70. The smallest absolute Gasteiger partial charge is 0.251 e. The molecule has 0 aromatic heterocycles. The first-order valence-electron chi connectivity index (χ1n) is 10.4. The zero-order chi connectivity index (χ0) is 20.4. The Morgan fingerprint density at radius 1 is 1.21 bits per heavy atom. The molecule has 1 saturated carbocycles. The number of amides is 1. The predicted octanol–water partition coefficient (Wildman–Crippen LogP) is 3.19. The Hall–Kier alpha value is -2.37. The summed E-state index contributed by atoms with van der Waals surface area (Å²) in [6.07, 6.45) is 2.69. The molecule has 2 aliphatic rings. The first kappa shape index (κ1) is 19.9. The van der Waals surface area contributed by atoms with Gasteiger partial charge in [0.2, 0.25) is 0 Å². The van der Waals surface area contributed by atoms with Gasteiger partial charge in [-0.1, -0.05) is 30.3 Å². The molecule has 1 saturated heterocycles. The number of ether oxygens (including phenoxy) is 1. The third kappa shape index (κ3) is 3.89. The number of piperidine rings is 1. The molecule has 29 heavy (non-hydrogen) atoms. The third-order valence-electron chi connectivity index (χ3n) is 6.83. The van der Waals surface area contributed by atoms with Gasteiger partial charge in [0.15, 0.2) is 0 Å². The van der Waals surface area contributed by atoms with E-state index in [1.807, 2.05) is 42.5 Å². The average Bonchev–Trinajstić information content (AvgIpc) is 2.74. The van der Waals surface area contributed by atoms with Crippen LogP contribution in [0.4, 0.5) is 0 Å². The molecule has 1 amide bonds. The second-order valence-electron chi connectivity index (χ2n) is 8.58. The number of nitrogens with zero attached hydrogens (tertiary/aromatic N) is 1. The molecule has 0 spiro atoms. The zero-order valence-electron chi connectivity index (χ0n) is 17.2. The van der Waals surface area contributed by atoms with E-state index in [2.05, 4.69) is 23.3 Å². The molecule has 154 valence electrons. The number of hydrogen-bond acceptors (Lipinski definition) is 4. The summed E-state index contributed by atoms with van der Waals surface area (Å²) in [6, 6.07) is 17.0. The summed E-state index contributed by atoms with van der Waals surface area (Å²) in [5, 5.41) is 13.4. The van der Waals surface area contributed by atoms with Crippen LogP contribution in [-0.2, 0) is 10.2 Å². The highest BCUT2D eigenvalue weighted by Crippen LogP contribution is 2.50. The van der Waals surface area contributed by atoms with Gasteiger partial charge in [0, 0.05) is 36.6 Å². The number of carbonyl (C=O) groups excluding carboxylic acids is 1. The minimum atomic E-state index is -0.126. The van der Waals surface area contributed by atoms with Crippen molar-refractivity contribution in [3.8, 4) is 5.75 Å². The second kappa shape index (κ2) is 8.17. The van der Waals surface area contributed by atoms with Crippen molar-refractivity contribution >= 4 is 5.91 Å². The Balaban J connectivity index is 1.66. The van der Waals surface area contributed by atoms with Crippen LogP contribution < -0.4 is 5.32 Å². The molecule has 1 aliphatic carbocycles. The van der Waals surface area contributed by atoms with E-state index < -0.39 is 0 Å². The fraction of sp³-hybridized carbons (Fsp3) is 0.458. The Morgan fingerprint density at radius 3 is 2.72 bits per heavy atom. The highest BCUT2D eigenvalue weighted by Gasteiger charge is 2.52. The van der Waals surface area contributed by atoms with Crippen LogP contribution in [0.2, 0.25) is 0 Å². The van der Waals surface area contributed by atoms with Gasteiger partial charge in [0.1, 0.15) is 5.75 Å². The van der Waals surface area contributed by atoms with Gasteiger partial charge < -0.3 is 20.1 Å². The van der Waals surface area contributed by atoms with Gasteiger partial charge in [-0.2, -0.15) is 0 Å². The molecule has 4 rings (SSSR count). The maximum Gasteiger partial charge on any atom is 0.251 e. The molecule has 2 N–H and O–H groups in total. The van der Waals surface area contributed by atoms with E-state index in [9.17, 15) is 9.90 Å². The summed E-state index contributed by atoms with van der Waals surface area (Å²) in [5.74, 6) is 0.569. The van der Waals surface area contributed by atoms with Gasteiger partial charge in [-0.15, -0.1) is 0 Å². The highest BCUT2D eigenvalue weighted by atomic mass is 16.5. The van der Waals surface area contributed by atoms with Crippen LogP contribution in [0, 0.1) is 5.92 Å². The van der Waals surface area contributed by atoms with Crippen molar-refractivity contribution in [2.75, 3.05) is 27.2 Å². The van der Waals surface area contributed by atoms with Crippen LogP contribution in [0.15, 0.2) is 54.6 Å². The van der Waals surface area contributed by atoms with Gasteiger partial charge in [0.25, 0.3) is 5.91 Å². The molecule has 5 heteroatoms. The molecule has 1 heterocycles. The lowest BCUT2D eigenvalue weighted by Gasteiger charge is -2.55. The lowest BCUT2D eigenvalue weighted by Crippen LogP contribution is -2.60. The molecule has 4 atom stereocenters. The maximum absolute atomic E-state index is 12.8. The molecule has 3 unspecified atom stereocenters. The van der Waals surface area contributed by atoms with E-state index in [-0.39, 0.29) is 23.5 Å². The third-order valence-corrected chi connectivity index (χ3v) is 6.83. The molecular formula is C24H30N2O3. The molecule has 0 radical (unpaired) electrons. The first-order valence-corrected chi connectivity index (χ1v) is 10.4.